The van der Waals surface area contributed by atoms with Gasteiger partial charge in [-0.05, 0) is 12.3 Å². The van der Waals surface area contributed by atoms with Gasteiger partial charge in [0.1, 0.15) is 0 Å². The molecule has 114 valence electrons. The second-order valence-electron chi connectivity index (χ2n) is 5.10. The largest absolute Gasteiger partial charge is 0.478 e. The summed E-state index contributed by atoms with van der Waals surface area (Å²) < 4.78 is 0. The quantitative estimate of drug-likeness (QED) is 0.652. The highest BCUT2D eigenvalue weighted by molar-refractivity contribution is 6.34. The molecule has 0 aromatic heterocycles. The number of hydrogen-bond acceptors (Lipinski definition) is 5. The van der Waals surface area contributed by atoms with Gasteiger partial charge in [-0.1, -0.05) is 18.5 Å². The Balaban J connectivity index is 2.57. The topological polar surface area (TPSA) is 104 Å². The second kappa shape index (κ2) is 5.87. The van der Waals surface area contributed by atoms with Crippen molar-refractivity contribution in [3.63, 3.8) is 0 Å². The Morgan fingerprint density at radius 1 is 1.57 bits per heavy atom. The van der Waals surface area contributed by atoms with E-state index in [1.165, 1.54) is 0 Å². The average Bonchev–Trinajstić information content (AvgIpc) is 2.78. The lowest BCUT2D eigenvalue weighted by molar-refractivity contribution is -0.384. The molecule has 8 heteroatoms. The highest BCUT2D eigenvalue weighted by atomic mass is 35.5. The van der Waals surface area contributed by atoms with E-state index in [1.807, 2.05) is 6.92 Å². The molecule has 1 aromatic carbocycles. The number of non-ortho nitro benzene ring substituents is 1. The van der Waals surface area contributed by atoms with Gasteiger partial charge in [-0.3, -0.25) is 10.1 Å². The molecule has 21 heavy (non-hydrogen) atoms. The summed E-state index contributed by atoms with van der Waals surface area (Å²) in [4.78, 5) is 23.3. The van der Waals surface area contributed by atoms with Crippen LogP contribution in [0.5, 0.6) is 0 Å². The van der Waals surface area contributed by atoms with Crippen molar-refractivity contribution in [1.29, 1.82) is 0 Å². The van der Waals surface area contributed by atoms with E-state index in [0.717, 1.165) is 18.6 Å². The van der Waals surface area contributed by atoms with Crippen LogP contribution in [0.4, 0.5) is 11.4 Å². The van der Waals surface area contributed by atoms with E-state index in [-0.39, 0.29) is 40.5 Å². The normalized spacial score (nSPS) is 21.6. The fourth-order valence-electron chi connectivity index (χ4n) is 2.71. The van der Waals surface area contributed by atoms with Crippen LogP contribution in [0.2, 0.25) is 5.02 Å². The van der Waals surface area contributed by atoms with E-state index in [4.69, 9.17) is 11.6 Å². The first-order valence-corrected chi connectivity index (χ1v) is 6.83. The highest BCUT2D eigenvalue weighted by Crippen LogP contribution is 2.39. The van der Waals surface area contributed by atoms with Gasteiger partial charge in [0.2, 0.25) is 0 Å². The number of nitrogens with zero attached hydrogens (tertiary/aromatic N) is 2. The molecule has 2 unspecified atom stereocenters. The first-order valence-electron chi connectivity index (χ1n) is 6.45. The molecule has 2 N–H and O–H groups in total. The van der Waals surface area contributed by atoms with Gasteiger partial charge in [0, 0.05) is 18.7 Å². The zero-order valence-corrected chi connectivity index (χ0v) is 12.1. The Bertz CT molecular complexity index is 592. The lowest BCUT2D eigenvalue weighted by Gasteiger charge is -2.29. The van der Waals surface area contributed by atoms with Crippen LogP contribution in [0.3, 0.4) is 0 Å². The number of halogens is 1. The Labute approximate surface area is 125 Å². The molecule has 1 saturated heterocycles. The van der Waals surface area contributed by atoms with Crippen LogP contribution < -0.4 is 4.90 Å². The van der Waals surface area contributed by atoms with Crippen LogP contribution in [-0.2, 0) is 0 Å². The van der Waals surface area contributed by atoms with Crippen LogP contribution in [-0.4, -0.2) is 40.3 Å². The summed E-state index contributed by atoms with van der Waals surface area (Å²) in [5.41, 5.74) is -0.353. The molecule has 0 radical (unpaired) electrons. The smallest absolute Gasteiger partial charge is 0.338 e. The van der Waals surface area contributed by atoms with Crippen LogP contribution in [0, 0.1) is 16.0 Å². The van der Waals surface area contributed by atoms with Crippen LogP contribution >= 0.6 is 11.6 Å². The summed E-state index contributed by atoms with van der Waals surface area (Å²) in [5, 5.41) is 29.6. The van der Waals surface area contributed by atoms with Crippen LogP contribution in [0.15, 0.2) is 12.1 Å². The van der Waals surface area contributed by atoms with Crippen molar-refractivity contribution in [2.45, 2.75) is 19.4 Å². The number of carboxylic acids is 1. The minimum atomic E-state index is -1.29. The van der Waals surface area contributed by atoms with Crippen molar-refractivity contribution in [1.82, 2.24) is 0 Å². The third kappa shape index (κ3) is 2.79. The summed E-state index contributed by atoms with van der Waals surface area (Å²) in [6.07, 6.45) is 0.789. The predicted molar refractivity (Wildman–Crippen MR) is 77.1 cm³/mol. The molecule has 0 bridgehead atoms. The minimum Gasteiger partial charge on any atom is -0.478 e. The fraction of sp³-hybridized carbons (Fsp3) is 0.462. The van der Waals surface area contributed by atoms with E-state index in [2.05, 4.69) is 0 Å². The zero-order chi connectivity index (χ0) is 15.7. The summed E-state index contributed by atoms with van der Waals surface area (Å²) in [6, 6.07) is 1.89. The standard InChI is InChI=1S/C13H15ClN2O5/c1-7-2-3-15(11(7)6-17)12-9(13(18)19)4-8(16(20)21)5-10(12)14/h4-5,7,11,17H,2-3,6H2,1H3,(H,18,19). The second-order valence-corrected chi connectivity index (χ2v) is 5.50. The number of aromatic carboxylic acids is 1. The Morgan fingerprint density at radius 3 is 2.76 bits per heavy atom. The number of nitro benzene ring substituents is 1. The highest BCUT2D eigenvalue weighted by Gasteiger charge is 2.35. The molecule has 0 spiro atoms. The number of anilines is 1. The van der Waals surface area contributed by atoms with Crippen molar-refractivity contribution in [3.8, 4) is 0 Å². The summed E-state index contributed by atoms with van der Waals surface area (Å²) in [5.74, 6) is -1.10. The summed E-state index contributed by atoms with van der Waals surface area (Å²) >= 11 is 6.08. The van der Waals surface area contributed by atoms with Gasteiger partial charge >= 0.3 is 5.97 Å². The predicted octanol–water partition coefficient (Wildman–Crippen LogP) is 2.15. The van der Waals surface area contributed by atoms with Gasteiger partial charge in [-0.2, -0.15) is 0 Å². The SMILES string of the molecule is CC1CCN(c2c(Cl)cc([N+](=O)[O-])cc2C(=O)O)C1CO. The van der Waals surface area contributed by atoms with E-state index in [9.17, 15) is 25.1 Å². The van der Waals surface area contributed by atoms with Crippen molar-refractivity contribution in [2.24, 2.45) is 5.92 Å². The number of aliphatic hydroxyl groups is 1. The number of carbonyl (C=O) groups is 1. The van der Waals surface area contributed by atoms with Gasteiger partial charge in [0.25, 0.3) is 5.69 Å². The maximum absolute atomic E-state index is 11.4. The molecule has 0 amide bonds. The lowest BCUT2D eigenvalue weighted by Crippen LogP contribution is -2.36. The number of hydrogen-bond donors (Lipinski definition) is 2. The first kappa shape index (κ1) is 15.5. The molecule has 2 atom stereocenters. The third-order valence-electron chi connectivity index (χ3n) is 3.85. The molecular formula is C13H15ClN2O5. The van der Waals surface area contributed by atoms with Gasteiger partial charge in [-0.15, -0.1) is 0 Å². The molecule has 1 aromatic rings. The zero-order valence-electron chi connectivity index (χ0n) is 11.3. The number of carboxylic acid groups (broad SMARTS) is 1. The average molecular weight is 315 g/mol. The van der Waals surface area contributed by atoms with Crippen molar-refractivity contribution in [3.05, 3.63) is 32.8 Å². The van der Waals surface area contributed by atoms with Crippen molar-refractivity contribution in [2.75, 3.05) is 18.1 Å². The van der Waals surface area contributed by atoms with Crippen molar-refractivity contribution >= 4 is 28.9 Å². The van der Waals surface area contributed by atoms with E-state index in [1.54, 1.807) is 4.90 Å². The molecule has 0 aliphatic carbocycles. The van der Waals surface area contributed by atoms with E-state index >= 15 is 0 Å². The first-order chi connectivity index (χ1) is 9.86. The maximum Gasteiger partial charge on any atom is 0.338 e. The molecular weight excluding hydrogens is 300 g/mol. The van der Waals surface area contributed by atoms with E-state index < -0.39 is 10.9 Å². The Kier molecular flexibility index (Phi) is 4.34. The number of benzene rings is 1. The third-order valence-corrected chi connectivity index (χ3v) is 4.13. The molecule has 1 fully saturated rings. The summed E-state index contributed by atoms with van der Waals surface area (Å²) in [7, 11) is 0. The Hall–Kier alpha value is -1.86. The number of nitro groups is 1. The maximum atomic E-state index is 11.4. The van der Waals surface area contributed by atoms with Crippen molar-refractivity contribution < 1.29 is 19.9 Å². The molecule has 1 aliphatic rings. The van der Waals surface area contributed by atoms with Crippen LogP contribution in [0.25, 0.3) is 0 Å². The molecule has 2 rings (SSSR count). The van der Waals surface area contributed by atoms with E-state index in [0.29, 0.717) is 6.54 Å². The molecule has 0 saturated carbocycles. The number of rotatable bonds is 4. The lowest BCUT2D eigenvalue weighted by atomic mass is 10.0. The Morgan fingerprint density at radius 2 is 2.24 bits per heavy atom. The monoisotopic (exact) mass is 314 g/mol. The molecule has 1 aliphatic heterocycles. The van der Waals surface area contributed by atoms with Gasteiger partial charge in [0.05, 0.1) is 33.8 Å². The summed E-state index contributed by atoms with van der Waals surface area (Å²) in [6.45, 7) is 2.37. The molecule has 1 heterocycles. The van der Waals surface area contributed by atoms with Gasteiger partial charge in [0.15, 0.2) is 0 Å². The van der Waals surface area contributed by atoms with Crippen LogP contribution in [0.1, 0.15) is 23.7 Å². The number of aliphatic hydroxyl groups excluding tert-OH is 1. The van der Waals surface area contributed by atoms with Gasteiger partial charge < -0.3 is 15.1 Å². The fourth-order valence-corrected chi connectivity index (χ4v) is 3.03. The van der Waals surface area contributed by atoms with Gasteiger partial charge in [-0.25, -0.2) is 4.79 Å². The minimum absolute atomic E-state index is 0.00847. The molecule has 7 nitrogen and oxygen atoms in total.